The summed E-state index contributed by atoms with van der Waals surface area (Å²) in [6.07, 6.45) is -6.97. The first-order valence-corrected chi connectivity index (χ1v) is 5.25. The number of carboxylic acids is 1. The smallest absolute Gasteiger partial charge is 0.435 e. The molecule has 0 amide bonds. The number of carbonyl (C=O) groups excluding carboxylic acids is 1. The van der Waals surface area contributed by atoms with Crippen LogP contribution in [0.3, 0.4) is 0 Å². The highest BCUT2D eigenvalue weighted by molar-refractivity contribution is 5.78. The van der Waals surface area contributed by atoms with Crippen molar-refractivity contribution in [3.05, 3.63) is 0 Å². The summed E-state index contributed by atoms with van der Waals surface area (Å²) in [5, 5.41) is 9.86. The quantitative estimate of drug-likeness (QED) is 0.481. The van der Waals surface area contributed by atoms with Gasteiger partial charge in [0.05, 0.1) is 5.97 Å². The van der Waals surface area contributed by atoms with Crippen LogP contribution >= 0.6 is 0 Å². The molecule has 0 aliphatic heterocycles. The summed E-state index contributed by atoms with van der Waals surface area (Å²) in [5.41, 5.74) is -6.74. The zero-order chi connectivity index (χ0) is 21.7. The third-order valence-corrected chi connectivity index (χ3v) is 2.04. The molecule has 0 aliphatic rings. The monoisotopic (exact) mass is 445 g/mol. The number of rotatable bonds is 7. The van der Waals surface area contributed by atoms with E-state index in [0.29, 0.717) is 0 Å². The predicted molar refractivity (Wildman–Crippen MR) is 51.8 cm³/mol. The number of aliphatic carboxylic acids is 1. The lowest BCUT2D eigenvalue weighted by atomic mass is 10.0. The van der Waals surface area contributed by atoms with Crippen LogP contribution in [-0.2, 0) is 9.53 Å². The lowest BCUT2D eigenvalue weighted by molar-refractivity contribution is -0.406. The van der Waals surface area contributed by atoms with Gasteiger partial charge in [-0.15, -0.1) is 4.90 Å². The summed E-state index contributed by atoms with van der Waals surface area (Å²) in [7, 11) is 0. The minimum atomic E-state index is -6.97. The molecule has 0 bridgehead atoms. The van der Waals surface area contributed by atoms with E-state index in [1.165, 1.54) is 0 Å². The number of nitrogens with zero attached hydrogens (tertiary/aromatic N) is 1. The average Bonchev–Trinajstić information content (AvgIpc) is 2.32. The van der Waals surface area contributed by atoms with Gasteiger partial charge in [0.25, 0.3) is 0 Å². The van der Waals surface area contributed by atoms with Gasteiger partial charge in [-0.3, -0.25) is 4.74 Å². The van der Waals surface area contributed by atoms with Gasteiger partial charge in [0.1, 0.15) is 0 Å². The molecule has 0 saturated heterocycles. The highest BCUT2D eigenvalue weighted by Gasteiger charge is 2.77. The lowest BCUT2D eigenvalue weighted by Crippen LogP contribution is -2.71. The standard InChI is InChI=1S/C6H3F10NO2.C2H2F4O.H3N/c7-2(8)17(3(9)10)6(15,16)4(11,1(18)19)5(12,13)14;3-1(4)7-2(5)6;/h2-3H,(H,18,19);1-2H;1H3/p-1. The van der Waals surface area contributed by atoms with E-state index in [2.05, 4.69) is 4.74 Å². The second-order valence-corrected chi connectivity index (χ2v) is 3.60. The second kappa shape index (κ2) is 10.6. The van der Waals surface area contributed by atoms with Crippen LogP contribution in [0.1, 0.15) is 0 Å². The van der Waals surface area contributed by atoms with Gasteiger partial charge in [0.15, 0.2) is 0 Å². The zero-order valence-corrected chi connectivity index (χ0v) is 12.0. The normalized spacial score (nSPS) is 14.9. The maximum Gasteiger partial charge on any atom is 0.435 e. The number of hydrogen-bond acceptors (Lipinski definition) is 5. The van der Waals surface area contributed by atoms with E-state index in [-0.39, 0.29) is 6.15 Å². The predicted octanol–water partition coefficient (Wildman–Crippen LogP) is 2.96. The van der Waals surface area contributed by atoms with Gasteiger partial charge in [-0.05, 0) is 0 Å². The van der Waals surface area contributed by atoms with Gasteiger partial charge in [0, 0.05) is 0 Å². The Morgan fingerprint density at radius 2 is 1.07 bits per heavy atom. The molecule has 0 heterocycles. The van der Waals surface area contributed by atoms with Crippen molar-refractivity contribution in [1.82, 2.24) is 11.1 Å². The number of hydrogen-bond donors (Lipinski definition) is 1. The first-order chi connectivity index (χ1) is 11.3. The summed E-state index contributed by atoms with van der Waals surface area (Å²) in [6, 6.07) is -6.80. The third-order valence-electron chi connectivity index (χ3n) is 2.04. The molecule has 0 aromatic heterocycles. The van der Waals surface area contributed by atoms with E-state index in [9.17, 15) is 71.4 Å². The second-order valence-electron chi connectivity index (χ2n) is 3.60. The van der Waals surface area contributed by atoms with Crippen molar-refractivity contribution >= 4 is 5.97 Å². The van der Waals surface area contributed by atoms with Crippen LogP contribution in [0, 0.1) is 0 Å². The maximum absolute atomic E-state index is 12.9. The van der Waals surface area contributed by atoms with Crippen molar-refractivity contribution < 1.29 is 76.1 Å². The van der Waals surface area contributed by atoms with Crippen LogP contribution in [0.4, 0.5) is 61.5 Å². The van der Waals surface area contributed by atoms with Crippen molar-refractivity contribution in [2.24, 2.45) is 0 Å². The Bertz CT molecular complexity index is 431. The number of halogens is 14. The van der Waals surface area contributed by atoms with Gasteiger partial charge in [-0.2, -0.15) is 57.1 Å². The summed E-state index contributed by atoms with van der Waals surface area (Å²) >= 11 is 0. The van der Waals surface area contributed by atoms with Gasteiger partial charge in [0.2, 0.25) is 0 Å². The molecule has 0 spiro atoms. The van der Waals surface area contributed by atoms with Crippen molar-refractivity contribution in [3.8, 4) is 0 Å². The van der Waals surface area contributed by atoms with Crippen LogP contribution in [0.25, 0.3) is 0 Å². The van der Waals surface area contributed by atoms with Crippen molar-refractivity contribution in [2.75, 3.05) is 0 Å². The van der Waals surface area contributed by atoms with Crippen LogP contribution in [0.2, 0.25) is 0 Å². The Balaban J connectivity index is -0.000000612. The molecule has 27 heavy (non-hydrogen) atoms. The zero-order valence-electron chi connectivity index (χ0n) is 12.0. The van der Waals surface area contributed by atoms with Gasteiger partial charge < -0.3 is 16.1 Å². The van der Waals surface area contributed by atoms with E-state index in [1.807, 2.05) is 0 Å². The van der Waals surface area contributed by atoms with Crippen LogP contribution in [-0.4, -0.2) is 55.1 Å². The fraction of sp³-hybridized carbons (Fsp3) is 0.875. The molecular formula is C8H7F14N2O3-. The molecular weight excluding hydrogens is 438 g/mol. The largest absolute Gasteiger partial charge is 0.546 e. The Morgan fingerprint density at radius 3 is 1.19 bits per heavy atom. The fourth-order valence-electron chi connectivity index (χ4n) is 0.995. The SMILES string of the molecule is FC(F)OC(F)F.N.O=C([O-])C(F)(C(F)(F)F)C(F)(F)N(C(F)F)C(F)F. The Morgan fingerprint density at radius 1 is 0.778 bits per heavy atom. The number of ether oxygens (including phenoxy) is 1. The molecule has 0 saturated carbocycles. The Labute approximate surface area is 139 Å². The van der Waals surface area contributed by atoms with E-state index < -0.39 is 55.1 Å². The van der Waals surface area contributed by atoms with E-state index in [1.54, 1.807) is 0 Å². The summed E-state index contributed by atoms with van der Waals surface area (Å²) in [4.78, 5) is 7.04. The average molecular weight is 445 g/mol. The molecule has 0 radical (unpaired) electrons. The topological polar surface area (TPSA) is 87.6 Å². The summed E-state index contributed by atoms with van der Waals surface area (Å²) < 4.78 is 167. The fourth-order valence-corrected chi connectivity index (χ4v) is 0.995. The first-order valence-electron chi connectivity index (χ1n) is 5.25. The summed E-state index contributed by atoms with van der Waals surface area (Å²) in [6.45, 7) is -16.7. The Hall–Kier alpha value is -1.63. The highest BCUT2D eigenvalue weighted by atomic mass is 19.4. The molecule has 1 atom stereocenters. The molecule has 19 heteroatoms. The number of carbonyl (C=O) groups is 1. The van der Waals surface area contributed by atoms with Crippen molar-refractivity contribution in [2.45, 2.75) is 44.2 Å². The molecule has 166 valence electrons. The van der Waals surface area contributed by atoms with Gasteiger partial charge >= 0.3 is 44.2 Å². The van der Waals surface area contributed by atoms with Gasteiger partial charge in [-0.25, -0.2) is 4.39 Å². The minimum absolute atomic E-state index is 0. The van der Waals surface area contributed by atoms with Crippen LogP contribution in [0.15, 0.2) is 0 Å². The third kappa shape index (κ3) is 7.48. The minimum Gasteiger partial charge on any atom is -0.546 e. The molecule has 1 unspecified atom stereocenters. The molecule has 0 rings (SSSR count). The van der Waals surface area contributed by atoms with Crippen molar-refractivity contribution in [1.29, 1.82) is 0 Å². The molecule has 3 N–H and O–H groups in total. The van der Waals surface area contributed by atoms with E-state index >= 15 is 0 Å². The lowest BCUT2D eigenvalue weighted by Gasteiger charge is -2.40. The molecule has 0 fully saturated rings. The van der Waals surface area contributed by atoms with Crippen molar-refractivity contribution in [3.63, 3.8) is 0 Å². The van der Waals surface area contributed by atoms with Gasteiger partial charge in [-0.1, -0.05) is 0 Å². The molecule has 5 nitrogen and oxygen atoms in total. The molecule has 0 aromatic carbocycles. The van der Waals surface area contributed by atoms with Crippen LogP contribution < -0.4 is 11.3 Å². The highest BCUT2D eigenvalue weighted by Crippen LogP contribution is 2.48. The maximum atomic E-state index is 12.9. The molecule has 0 aromatic rings. The van der Waals surface area contributed by atoms with E-state index in [4.69, 9.17) is 0 Å². The summed E-state index contributed by atoms with van der Waals surface area (Å²) in [5.74, 6) is -4.18. The Kier molecular flexibility index (Phi) is 11.9. The van der Waals surface area contributed by atoms with E-state index in [0.717, 1.165) is 0 Å². The molecule has 0 aliphatic carbocycles. The number of carboxylic acid groups (broad SMARTS) is 1. The van der Waals surface area contributed by atoms with Crippen LogP contribution in [0.5, 0.6) is 0 Å². The number of alkyl halides is 14. The first kappa shape index (κ1) is 30.1.